The molecular formula is C13H25NO4. The Kier molecular flexibility index (Phi) is 6.60. The maximum absolute atomic E-state index is 11.8. The maximum Gasteiger partial charge on any atom is 0.326 e. The standard InChI is InChI=1S/C13H25NO4/c1-4-18-12(15)13(2,14-3)6-8-17-10-11-5-7-16-9-11/h11,14H,4-10H2,1-3H3. The number of hydrogen-bond donors (Lipinski definition) is 1. The van der Waals surface area contributed by atoms with E-state index < -0.39 is 5.54 Å². The summed E-state index contributed by atoms with van der Waals surface area (Å²) in [6.45, 7) is 6.94. The van der Waals surface area contributed by atoms with E-state index in [1.165, 1.54) is 0 Å². The predicted octanol–water partition coefficient (Wildman–Crippen LogP) is 0.971. The van der Waals surface area contributed by atoms with Gasteiger partial charge in [-0.1, -0.05) is 0 Å². The van der Waals surface area contributed by atoms with E-state index in [9.17, 15) is 4.79 Å². The first-order valence-corrected chi connectivity index (χ1v) is 6.64. The number of carbonyl (C=O) groups is 1. The molecule has 2 atom stereocenters. The predicted molar refractivity (Wildman–Crippen MR) is 68.5 cm³/mol. The van der Waals surface area contributed by atoms with Crippen LogP contribution in [0.3, 0.4) is 0 Å². The summed E-state index contributed by atoms with van der Waals surface area (Å²) >= 11 is 0. The van der Waals surface area contributed by atoms with Crippen LogP contribution >= 0.6 is 0 Å². The van der Waals surface area contributed by atoms with Crippen molar-refractivity contribution in [3.63, 3.8) is 0 Å². The van der Waals surface area contributed by atoms with Gasteiger partial charge < -0.3 is 19.5 Å². The minimum atomic E-state index is -0.664. The molecule has 5 nitrogen and oxygen atoms in total. The van der Waals surface area contributed by atoms with Gasteiger partial charge in [-0.2, -0.15) is 0 Å². The van der Waals surface area contributed by atoms with Crippen LogP contribution in [-0.4, -0.2) is 51.6 Å². The van der Waals surface area contributed by atoms with Gasteiger partial charge in [-0.05, 0) is 33.7 Å². The molecule has 1 heterocycles. The first-order valence-electron chi connectivity index (χ1n) is 6.64. The molecule has 1 rings (SSSR count). The molecule has 0 spiro atoms. The Balaban J connectivity index is 2.23. The van der Waals surface area contributed by atoms with Crippen molar-refractivity contribution in [2.45, 2.75) is 32.2 Å². The quantitative estimate of drug-likeness (QED) is 0.520. The third-order valence-electron chi connectivity index (χ3n) is 3.40. The molecule has 1 saturated heterocycles. The SMILES string of the molecule is CCOC(=O)C(C)(CCOCC1CCOC1)NC. The van der Waals surface area contributed by atoms with Gasteiger partial charge in [0.25, 0.3) is 0 Å². The highest BCUT2D eigenvalue weighted by atomic mass is 16.5. The summed E-state index contributed by atoms with van der Waals surface area (Å²) in [6, 6.07) is 0. The number of ether oxygens (including phenoxy) is 3. The average molecular weight is 259 g/mol. The third-order valence-corrected chi connectivity index (χ3v) is 3.40. The highest BCUT2D eigenvalue weighted by Gasteiger charge is 2.32. The summed E-state index contributed by atoms with van der Waals surface area (Å²) in [5, 5.41) is 3.01. The number of rotatable bonds is 8. The molecule has 0 aromatic rings. The van der Waals surface area contributed by atoms with Gasteiger partial charge in [-0.3, -0.25) is 4.79 Å². The number of esters is 1. The van der Waals surface area contributed by atoms with Crippen molar-refractivity contribution in [3.05, 3.63) is 0 Å². The number of likely N-dealkylation sites (N-methyl/N-ethyl adjacent to an activating group) is 1. The number of hydrogen-bond acceptors (Lipinski definition) is 5. The lowest BCUT2D eigenvalue weighted by Crippen LogP contribution is -2.49. The lowest BCUT2D eigenvalue weighted by Gasteiger charge is -2.26. The van der Waals surface area contributed by atoms with Crippen LogP contribution in [0.25, 0.3) is 0 Å². The Bertz CT molecular complexity index is 253. The zero-order valence-corrected chi connectivity index (χ0v) is 11.7. The van der Waals surface area contributed by atoms with E-state index in [4.69, 9.17) is 14.2 Å². The number of nitrogens with one attached hydrogen (secondary N) is 1. The molecule has 0 bridgehead atoms. The summed E-state index contributed by atoms with van der Waals surface area (Å²) in [7, 11) is 1.77. The maximum atomic E-state index is 11.8. The second-order valence-electron chi connectivity index (χ2n) is 4.86. The monoisotopic (exact) mass is 259 g/mol. The van der Waals surface area contributed by atoms with E-state index in [1.807, 2.05) is 13.8 Å². The highest BCUT2D eigenvalue weighted by molar-refractivity contribution is 5.80. The normalized spacial score (nSPS) is 22.7. The fraction of sp³-hybridized carbons (Fsp3) is 0.923. The molecule has 0 amide bonds. The van der Waals surface area contributed by atoms with Crippen LogP contribution in [0.15, 0.2) is 0 Å². The first kappa shape index (κ1) is 15.4. The van der Waals surface area contributed by atoms with E-state index in [0.717, 1.165) is 19.6 Å². The summed E-state index contributed by atoms with van der Waals surface area (Å²) in [4.78, 5) is 11.8. The van der Waals surface area contributed by atoms with Gasteiger partial charge in [0.15, 0.2) is 0 Å². The van der Waals surface area contributed by atoms with E-state index in [0.29, 0.717) is 32.2 Å². The van der Waals surface area contributed by atoms with Crippen molar-refractivity contribution < 1.29 is 19.0 Å². The minimum absolute atomic E-state index is 0.222. The largest absolute Gasteiger partial charge is 0.465 e. The van der Waals surface area contributed by atoms with E-state index in [2.05, 4.69) is 5.32 Å². The molecular weight excluding hydrogens is 234 g/mol. The lowest BCUT2D eigenvalue weighted by atomic mass is 9.99. The zero-order chi connectivity index (χ0) is 13.4. The van der Waals surface area contributed by atoms with Crippen LogP contribution in [0.2, 0.25) is 0 Å². The fourth-order valence-corrected chi connectivity index (χ4v) is 1.86. The Labute approximate surface area is 109 Å². The summed E-state index contributed by atoms with van der Waals surface area (Å²) < 4.78 is 15.9. The summed E-state index contributed by atoms with van der Waals surface area (Å²) in [6.07, 6.45) is 1.68. The fourth-order valence-electron chi connectivity index (χ4n) is 1.86. The molecule has 1 aliphatic heterocycles. The molecule has 1 fully saturated rings. The molecule has 0 aromatic heterocycles. The van der Waals surface area contributed by atoms with Gasteiger partial charge in [0.1, 0.15) is 5.54 Å². The first-order chi connectivity index (χ1) is 8.62. The van der Waals surface area contributed by atoms with Crippen LogP contribution in [-0.2, 0) is 19.0 Å². The average Bonchev–Trinajstić information content (AvgIpc) is 2.87. The van der Waals surface area contributed by atoms with E-state index >= 15 is 0 Å². The molecule has 1 N–H and O–H groups in total. The van der Waals surface area contributed by atoms with Gasteiger partial charge in [0, 0.05) is 19.1 Å². The molecule has 2 unspecified atom stereocenters. The van der Waals surface area contributed by atoms with Crippen molar-refractivity contribution in [2.24, 2.45) is 5.92 Å². The lowest BCUT2D eigenvalue weighted by molar-refractivity contribution is -0.151. The Morgan fingerprint density at radius 3 is 2.89 bits per heavy atom. The Hall–Kier alpha value is -0.650. The molecule has 0 aromatic carbocycles. The topological polar surface area (TPSA) is 56.8 Å². The van der Waals surface area contributed by atoms with Crippen LogP contribution in [0.1, 0.15) is 26.7 Å². The molecule has 5 heteroatoms. The van der Waals surface area contributed by atoms with E-state index in [1.54, 1.807) is 7.05 Å². The third kappa shape index (κ3) is 4.55. The second-order valence-corrected chi connectivity index (χ2v) is 4.86. The Morgan fingerprint density at radius 2 is 2.33 bits per heavy atom. The zero-order valence-electron chi connectivity index (χ0n) is 11.7. The highest BCUT2D eigenvalue weighted by Crippen LogP contribution is 2.15. The molecule has 1 aliphatic rings. The molecule has 106 valence electrons. The van der Waals surface area contributed by atoms with Crippen molar-refractivity contribution in [2.75, 3.05) is 40.1 Å². The Morgan fingerprint density at radius 1 is 1.56 bits per heavy atom. The van der Waals surface area contributed by atoms with Gasteiger partial charge in [0.05, 0.1) is 19.8 Å². The van der Waals surface area contributed by atoms with Gasteiger partial charge in [0.2, 0.25) is 0 Å². The number of carbonyl (C=O) groups excluding carboxylic acids is 1. The van der Waals surface area contributed by atoms with Crippen molar-refractivity contribution in [1.29, 1.82) is 0 Å². The van der Waals surface area contributed by atoms with Crippen molar-refractivity contribution in [3.8, 4) is 0 Å². The second kappa shape index (κ2) is 7.71. The smallest absolute Gasteiger partial charge is 0.326 e. The van der Waals surface area contributed by atoms with E-state index in [-0.39, 0.29) is 5.97 Å². The molecule has 0 radical (unpaired) electrons. The summed E-state index contributed by atoms with van der Waals surface area (Å²) in [5.41, 5.74) is -0.664. The van der Waals surface area contributed by atoms with Gasteiger partial charge >= 0.3 is 5.97 Å². The van der Waals surface area contributed by atoms with Crippen molar-refractivity contribution >= 4 is 5.97 Å². The van der Waals surface area contributed by atoms with Crippen LogP contribution in [0.4, 0.5) is 0 Å². The minimum Gasteiger partial charge on any atom is -0.465 e. The molecule has 18 heavy (non-hydrogen) atoms. The molecule has 0 saturated carbocycles. The van der Waals surface area contributed by atoms with Crippen LogP contribution < -0.4 is 5.32 Å². The van der Waals surface area contributed by atoms with Gasteiger partial charge in [-0.15, -0.1) is 0 Å². The van der Waals surface area contributed by atoms with Crippen LogP contribution in [0, 0.1) is 5.92 Å². The van der Waals surface area contributed by atoms with Crippen molar-refractivity contribution in [1.82, 2.24) is 5.32 Å². The molecule has 0 aliphatic carbocycles. The van der Waals surface area contributed by atoms with Gasteiger partial charge in [-0.25, -0.2) is 0 Å². The summed E-state index contributed by atoms with van der Waals surface area (Å²) in [5.74, 6) is 0.286. The van der Waals surface area contributed by atoms with Crippen LogP contribution in [0.5, 0.6) is 0 Å².